The Morgan fingerprint density at radius 1 is 1.27 bits per heavy atom. The summed E-state index contributed by atoms with van der Waals surface area (Å²) in [5.74, 6) is 1.24. The van der Waals surface area contributed by atoms with E-state index in [1.807, 2.05) is 18.3 Å². The van der Waals surface area contributed by atoms with Gasteiger partial charge in [-0.1, -0.05) is 6.07 Å². The van der Waals surface area contributed by atoms with Crippen molar-refractivity contribution in [1.82, 2.24) is 4.98 Å². The highest BCUT2D eigenvalue weighted by Gasteiger charge is 2.25. The molecule has 1 heterocycles. The van der Waals surface area contributed by atoms with E-state index in [-0.39, 0.29) is 0 Å². The molecule has 15 heavy (non-hydrogen) atoms. The van der Waals surface area contributed by atoms with E-state index in [1.54, 1.807) is 6.92 Å². The number of hydrogen-bond donors (Lipinski definition) is 0. The molecule has 1 aliphatic carbocycles. The number of carbonyl (C=O) groups is 1. The molecule has 1 saturated carbocycles. The lowest BCUT2D eigenvalue weighted by Gasteiger charge is -2.26. The van der Waals surface area contributed by atoms with Gasteiger partial charge in [0.25, 0.3) is 0 Å². The molecule has 80 valence electrons. The fourth-order valence-electron chi connectivity index (χ4n) is 2.41. The van der Waals surface area contributed by atoms with Gasteiger partial charge in [0.1, 0.15) is 5.78 Å². The van der Waals surface area contributed by atoms with Crippen molar-refractivity contribution in [2.45, 2.75) is 38.5 Å². The van der Waals surface area contributed by atoms with Crippen LogP contribution < -0.4 is 0 Å². The highest BCUT2D eigenvalue weighted by Crippen LogP contribution is 2.34. The molecule has 0 saturated heterocycles. The first-order valence-corrected chi connectivity index (χ1v) is 5.68. The zero-order valence-electron chi connectivity index (χ0n) is 9.15. The van der Waals surface area contributed by atoms with Crippen LogP contribution in [0, 0.1) is 5.92 Å². The summed E-state index contributed by atoms with van der Waals surface area (Å²) in [6.07, 6.45) is 6.15. The molecule has 1 aromatic rings. The van der Waals surface area contributed by atoms with E-state index >= 15 is 0 Å². The van der Waals surface area contributed by atoms with Crippen molar-refractivity contribution in [2.24, 2.45) is 5.92 Å². The van der Waals surface area contributed by atoms with E-state index in [9.17, 15) is 4.79 Å². The summed E-state index contributed by atoms with van der Waals surface area (Å²) in [6.45, 7) is 1.71. The number of Topliss-reactive ketones (excluding diaryl/α,β-unsaturated/α-hetero) is 1. The van der Waals surface area contributed by atoms with E-state index in [0.717, 1.165) is 25.7 Å². The normalized spacial score (nSPS) is 26.2. The van der Waals surface area contributed by atoms with Crippen molar-refractivity contribution in [3.63, 3.8) is 0 Å². The van der Waals surface area contributed by atoms with Gasteiger partial charge in [-0.05, 0) is 44.7 Å². The molecule has 1 fully saturated rings. The molecule has 2 rings (SSSR count). The van der Waals surface area contributed by atoms with Crippen LogP contribution in [0.4, 0.5) is 0 Å². The Morgan fingerprint density at radius 2 is 2.00 bits per heavy atom. The number of ketones is 1. The Balaban J connectivity index is 1.97. The van der Waals surface area contributed by atoms with E-state index < -0.39 is 0 Å². The van der Waals surface area contributed by atoms with E-state index in [2.05, 4.69) is 11.1 Å². The summed E-state index contributed by atoms with van der Waals surface area (Å²) < 4.78 is 0. The molecule has 0 spiro atoms. The van der Waals surface area contributed by atoms with E-state index in [1.165, 1.54) is 5.69 Å². The van der Waals surface area contributed by atoms with Gasteiger partial charge in [0, 0.05) is 23.7 Å². The van der Waals surface area contributed by atoms with Crippen LogP contribution in [0.3, 0.4) is 0 Å². The standard InChI is InChI=1S/C13H17NO/c1-10(15)11-5-7-12(8-6-11)13-4-2-3-9-14-13/h2-4,9,11-12H,5-8H2,1H3/t11-,12-. The summed E-state index contributed by atoms with van der Waals surface area (Å²) in [4.78, 5) is 15.6. The van der Waals surface area contributed by atoms with Crippen LogP contribution in [0.25, 0.3) is 0 Å². The molecule has 2 heteroatoms. The van der Waals surface area contributed by atoms with Gasteiger partial charge in [-0.25, -0.2) is 0 Å². The third-order valence-electron chi connectivity index (χ3n) is 3.41. The maximum Gasteiger partial charge on any atom is 0.132 e. The molecule has 0 aromatic carbocycles. The topological polar surface area (TPSA) is 30.0 Å². The minimum Gasteiger partial charge on any atom is -0.300 e. The zero-order chi connectivity index (χ0) is 10.7. The van der Waals surface area contributed by atoms with Crippen molar-refractivity contribution in [3.05, 3.63) is 30.1 Å². The molecule has 0 aliphatic heterocycles. The Kier molecular flexibility index (Phi) is 3.14. The zero-order valence-corrected chi connectivity index (χ0v) is 9.15. The van der Waals surface area contributed by atoms with Gasteiger partial charge in [0.2, 0.25) is 0 Å². The first-order chi connectivity index (χ1) is 7.27. The predicted molar refractivity (Wildman–Crippen MR) is 59.6 cm³/mol. The van der Waals surface area contributed by atoms with Crippen LogP contribution in [0.5, 0.6) is 0 Å². The maximum atomic E-state index is 11.2. The third kappa shape index (κ3) is 2.44. The van der Waals surface area contributed by atoms with Gasteiger partial charge in [0.15, 0.2) is 0 Å². The quantitative estimate of drug-likeness (QED) is 0.739. The van der Waals surface area contributed by atoms with Crippen LogP contribution >= 0.6 is 0 Å². The van der Waals surface area contributed by atoms with Crippen LogP contribution in [0.15, 0.2) is 24.4 Å². The lowest BCUT2D eigenvalue weighted by atomic mass is 9.79. The van der Waals surface area contributed by atoms with Gasteiger partial charge in [-0.3, -0.25) is 9.78 Å². The monoisotopic (exact) mass is 203 g/mol. The van der Waals surface area contributed by atoms with Gasteiger partial charge in [-0.15, -0.1) is 0 Å². The molecule has 0 atom stereocenters. The number of aromatic nitrogens is 1. The van der Waals surface area contributed by atoms with Crippen molar-refractivity contribution < 1.29 is 4.79 Å². The molecule has 0 radical (unpaired) electrons. The van der Waals surface area contributed by atoms with Crippen LogP contribution in [-0.4, -0.2) is 10.8 Å². The molecule has 0 amide bonds. The van der Waals surface area contributed by atoms with Crippen LogP contribution in [0.1, 0.15) is 44.2 Å². The number of hydrogen-bond acceptors (Lipinski definition) is 2. The summed E-state index contributed by atoms with van der Waals surface area (Å²) in [6, 6.07) is 6.09. The Morgan fingerprint density at radius 3 is 2.53 bits per heavy atom. The average molecular weight is 203 g/mol. The number of nitrogens with zero attached hydrogens (tertiary/aromatic N) is 1. The lowest BCUT2D eigenvalue weighted by Crippen LogP contribution is -2.19. The SMILES string of the molecule is CC(=O)[C@H]1CC[C@H](c2ccccn2)CC1. The Bertz CT molecular complexity index is 326. The van der Waals surface area contributed by atoms with Gasteiger partial charge in [0.05, 0.1) is 0 Å². The predicted octanol–water partition coefficient (Wildman–Crippen LogP) is 2.94. The minimum atomic E-state index is 0.310. The highest BCUT2D eigenvalue weighted by atomic mass is 16.1. The molecule has 0 N–H and O–H groups in total. The van der Waals surface area contributed by atoms with Crippen molar-refractivity contribution in [1.29, 1.82) is 0 Å². The average Bonchev–Trinajstić information content (AvgIpc) is 2.30. The second kappa shape index (κ2) is 4.56. The van der Waals surface area contributed by atoms with Crippen LogP contribution in [0.2, 0.25) is 0 Å². The smallest absolute Gasteiger partial charge is 0.132 e. The fraction of sp³-hybridized carbons (Fsp3) is 0.538. The van der Waals surface area contributed by atoms with Crippen LogP contribution in [-0.2, 0) is 4.79 Å². The molecule has 2 nitrogen and oxygen atoms in total. The van der Waals surface area contributed by atoms with Crippen molar-refractivity contribution >= 4 is 5.78 Å². The molecular formula is C13H17NO. The number of rotatable bonds is 2. The molecular weight excluding hydrogens is 186 g/mol. The third-order valence-corrected chi connectivity index (χ3v) is 3.41. The molecule has 1 aliphatic rings. The molecule has 0 unspecified atom stereocenters. The fourth-order valence-corrected chi connectivity index (χ4v) is 2.41. The summed E-state index contributed by atoms with van der Waals surface area (Å²) in [5.41, 5.74) is 1.19. The van der Waals surface area contributed by atoms with E-state index in [0.29, 0.717) is 17.6 Å². The summed E-state index contributed by atoms with van der Waals surface area (Å²) in [7, 11) is 0. The number of carbonyl (C=O) groups excluding carboxylic acids is 1. The maximum absolute atomic E-state index is 11.2. The van der Waals surface area contributed by atoms with Crippen molar-refractivity contribution in [2.75, 3.05) is 0 Å². The van der Waals surface area contributed by atoms with Gasteiger partial charge >= 0.3 is 0 Å². The highest BCUT2D eigenvalue weighted by molar-refractivity contribution is 5.78. The summed E-state index contributed by atoms with van der Waals surface area (Å²) in [5, 5.41) is 0. The van der Waals surface area contributed by atoms with E-state index in [4.69, 9.17) is 0 Å². The minimum absolute atomic E-state index is 0.310. The second-order valence-electron chi connectivity index (χ2n) is 4.41. The first kappa shape index (κ1) is 10.3. The van der Waals surface area contributed by atoms with Gasteiger partial charge < -0.3 is 0 Å². The molecule has 0 bridgehead atoms. The molecule has 1 aromatic heterocycles. The lowest BCUT2D eigenvalue weighted by molar-refractivity contribution is -0.121. The second-order valence-corrected chi connectivity index (χ2v) is 4.41. The largest absolute Gasteiger partial charge is 0.300 e. The Hall–Kier alpha value is -1.18. The first-order valence-electron chi connectivity index (χ1n) is 5.68. The van der Waals surface area contributed by atoms with Gasteiger partial charge in [-0.2, -0.15) is 0 Å². The number of pyridine rings is 1. The van der Waals surface area contributed by atoms with Crippen molar-refractivity contribution in [3.8, 4) is 0 Å². The summed E-state index contributed by atoms with van der Waals surface area (Å²) >= 11 is 0. The Labute approximate surface area is 90.7 Å².